The van der Waals surface area contributed by atoms with E-state index in [1.165, 1.54) is 33.5 Å². The molecule has 0 N–H and O–H groups in total. The summed E-state index contributed by atoms with van der Waals surface area (Å²) in [5.41, 5.74) is 1.11. The summed E-state index contributed by atoms with van der Waals surface area (Å²) in [4.78, 5) is 37.1. The molecule has 160 valence electrons. The maximum Gasteiger partial charge on any atom is 0.325 e. The number of halogens is 1. The predicted molar refractivity (Wildman–Crippen MR) is 109 cm³/mol. The summed E-state index contributed by atoms with van der Waals surface area (Å²) in [6.07, 6.45) is 0. The fraction of sp³-hybridized carbons (Fsp3) is 0.286. The zero-order chi connectivity index (χ0) is 22.1. The summed E-state index contributed by atoms with van der Waals surface area (Å²) in [5, 5.41) is 0.627. The van der Waals surface area contributed by atoms with E-state index in [4.69, 9.17) is 21.1 Å². The fourth-order valence-electron chi connectivity index (χ4n) is 2.48. The van der Waals surface area contributed by atoms with Gasteiger partial charge in [0, 0.05) is 10.6 Å². The summed E-state index contributed by atoms with van der Waals surface area (Å²) in [6, 6.07) is 11.8. The van der Waals surface area contributed by atoms with Gasteiger partial charge in [-0.25, -0.2) is 0 Å². The molecule has 9 heteroatoms. The van der Waals surface area contributed by atoms with E-state index in [1.807, 2.05) is 12.1 Å². The average Bonchev–Trinajstić information content (AvgIpc) is 2.77. The van der Waals surface area contributed by atoms with Crippen molar-refractivity contribution in [3.8, 4) is 11.5 Å². The molecule has 0 heterocycles. The van der Waals surface area contributed by atoms with E-state index in [1.54, 1.807) is 18.2 Å². The highest BCUT2D eigenvalue weighted by Gasteiger charge is 2.23. The van der Waals surface area contributed by atoms with Crippen LogP contribution in [-0.2, 0) is 25.7 Å². The van der Waals surface area contributed by atoms with E-state index in [-0.39, 0.29) is 12.2 Å². The maximum atomic E-state index is 12.8. The van der Waals surface area contributed by atoms with Crippen LogP contribution < -0.4 is 9.47 Å². The van der Waals surface area contributed by atoms with Crippen LogP contribution in [0.4, 0.5) is 0 Å². The van der Waals surface area contributed by atoms with Crippen molar-refractivity contribution in [1.29, 1.82) is 0 Å². The van der Waals surface area contributed by atoms with E-state index >= 15 is 0 Å². The number of benzene rings is 2. The maximum absolute atomic E-state index is 12.8. The van der Waals surface area contributed by atoms with Crippen molar-refractivity contribution < 1.29 is 33.3 Å². The number of ether oxygens (including phenoxy) is 4. The zero-order valence-electron chi connectivity index (χ0n) is 16.8. The van der Waals surface area contributed by atoms with E-state index in [9.17, 15) is 14.4 Å². The van der Waals surface area contributed by atoms with Gasteiger partial charge in [-0.05, 0) is 35.9 Å². The van der Waals surface area contributed by atoms with E-state index in [0.29, 0.717) is 16.5 Å². The molecule has 0 fully saturated rings. The molecule has 1 amide bonds. The first kappa shape index (κ1) is 23.0. The Morgan fingerprint density at radius 1 is 0.867 bits per heavy atom. The lowest BCUT2D eigenvalue weighted by Gasteiger charge is -2.21. The summed E-state index contributed by atoms with van der Waals surface area (Å²) in [5.74, 6) is -1.14. The molecular formula is C21H22ClNO7. The van der Waals surface area contributed by atoms with Gasteiger partial charge < -0.3 is 23.8 Å². The second kappa shape index (κ2) is 11.1. The largest absolute Gasteiger partial charge is 0.493 e. The third kappa shape index (κ3) is 6.38. The molecule has 2 rings (SSSR count). The highest BCUT2D eigenvalue weighted by atomic mass is 35.5. The second-order valence-electron chi connectivity index (χ2n) is 6.09. The Morgan fingerprint density at radius 3 is 2.00 bits per heavy atom. The third-order valence-corrected chi connectivity index (χ3v) is 4.35. The first-order valence-corrected chi connectivity index (χ1v) is 9.24. The molecule has 0 unspecified atom stereocenters. The number of carbonyl (C=O) groups excluding carboxylic acids is 3. The summed E-state index contributed by atoms with van der Waals surface area (Å²) < 4.78 is 20.3. The van der Waals surface area contributed by atoms with Crippen LogP contribution in [0.3, 0.4) is 0 Å². The van der Waals surface area contributed by atoms with Crippen LogP contribution in [0, 0.1) is 0 Å². The van der Waals surface area contributed by atoms with E-state index in [2.05, 4.69) is 9.47 Å². The summed E-state index contributed by atoms with van der Waals surface area (Å²) in [6.45, 7) is -0.527. The molecule has 0 aromatic heterocycles. The van der Waals surface area contributed by atoms with Crippen molar-refractivity contribution in [2.24, 2.45) is 0 Å². The van der Waals surface area contributed by atoms with Crippen molar-refractivity contribution in [1.82, 2.24) is 4.90 Å². The molecule has 0 saturated carbocycles. The first-order chi connectivity index (χ1) is 14.4. The number of nitrogens with zero attached hydrogens (tertiary/aromatic N) is 1. The zero-order valence-corrected chi connectivity index (χ0v) is 17.6. The third-order valence-electron chi connectivity index (χ3n) is 4.10. The normalized spacial score (nSPS) is 10.1. The summed E-state index contributed by atoms with van der Waals surface area (Å²) >= 11 is 5.88. The Morgan fingerprint density at radius 2 is 1.47 bits per heavy atom. The monoisotopic (exact) mass is 435 g/mol. The van der Waals surface area contributed by atoms with Gasteiger partial charge in [0.1, 0.15) is 19.7 Å². The van der Waals surface area contributed by atoms with Crippen molar-refractivity contribution in [2.45, 2.75) is 6.61 Å². The van der Waals surface area contributed by atoms with Gasteiger partial charge in [-0.3, -0.25) is 14.4 Å². The van der Waals surface area contributed by atoms with Gasteiger partial charge in [0.2, 0.25) is 0 Å². The van der Waals surface area contributed by atoms with Gasteiger partial charge >= 0.3 is 11.9 Å². The average molecular weight is 436 g/mol. The van der Waals surface area contributed by atoms with Crippen molar-refractivity contribution in [2.75, 3.05) is 34.4 Å². The second-order valence-corrected chi connectivity index (χ2v) is 6.53. The molecule has 8 nitrogen and oxygen atoms in total. The molecule has 0 aliphatic rings. The molecule has 0 spiro atoms. The van der Waals surface area contributed by atoms with E-state index < -0.39 is 30.9 Å². The molecule has 2 aromatic rings. The highest BCUT2D eigenvalue weighted by molar-refractivity contribution is 6.30. The molecule has 0 aliphatic heterocycles. The lowest BCUT2D eigenvalue weighted by molar-refractivity contribution is -0.144. The van der Waals surface area contributed by atoms with Crippen molar-refractivity contribution >= 4 is 29.4 Å². The van der Waals surface area contributed by atoms with Crippen molar-refractivity contribution in [3.63, 3.8) is 0 Å². The van der Waals surface area contributed by atoms with Gasteiger partial charge in [0.05, 0.1) is 21.3 Å². The minimum atomic E-state index is -0.665. The van der Waals surface area contributed by atoms with Gasteiger partial charge in [-0.2, -0.15) is 0 Å². The number of hydrogen-bond acceptors (Lipinski definition) is 7. The van der Waals surface area contributed by atoms with Gasteiger partial charge in [0.15, 0.2) is 11.5 Å². The summed E-state index contributed by atoms with van der Waals surface area (Å²) in [7, 11) is 3.83. The minimum Gasteiger partial charge on any atom is -0.493 e. The molecule has 0 bridgehead atoms. The minimum absolute atomic E-state index is 0.207. The Kier molecular flexibility index (Phi) is 8.49. The number of amides is 1. The Bertz CT molecular complexity index is 881. The molecule has 0 aliphatic carbocycles. The van der Waals surface area contributed by atoms with Gasteiger partial charge in [-0.1, -0.05) is 23.7 Å². The number of carbonyl (C=O) groups is 3. The Labute approximate surface area is 179 Å². The highest BCUT2D eigenvalue weighted by Crippen LogP contribution is 2.29. The van der Waals surface area contributed by atoms with Gasteiger partial charge in [0.25, 0.3) is 5.91 Å². The Hall–Kier alpha value is -3.26. The van der Waals surface area contributed by atoms with Crippen LogP contribution in [0.1, 0.15) is 15.9 Å². The number of hydrogen-bond donors (Lipinski definition) is 0. The van der Waals surface area contributed by atoms with Gasteiger partial charge in [-0.15, -0.1) is 0 Å². The smallest absolute Gasteiger partial charge is 0.325 e. The molecule has 0 radical (unpaired) electrons. The molecular weight excluding hydrogens is 414 g/mol. The predicted octanol–water partition coefficient (Wildman–Crippen LogP) is 2.72. The topological polar surface area (TPSA) is 91.4 Å². The van der Waals surface area contributed by atoms with Crippen LogP contribution in [0.15, 0.2) is 42.5 Å². The van der Waals surface area contributed by atoms with Crippen LogP contribution in [-0.4, -0.2) is 57.2 Å². The van der Waals surface area contributed by atoms with Crippen LogP contribution in [0.5, 0.6) is 11.5 Å². The van der Waals surface area contributed by atoms with E-state index in [0.717, 1.165) is 10.5 Å². The fourth-order valence-corrected chi connectivity index (χ4v) is 2.61. The molecule has 0 saturated heterocycles. The number of esters is 2. The van der Waals surface area contributed by atoms with Crippen LogP contribution in [0.25, 0.3) is 0 Å². The molecule has 2 aromatic carbocycles. The Balaban J connectivity index is 2.18. The standard InChI is InChI=1S/C21H22ClNO7/c1-27-18-10-15(21(26)23(11-19(24)28-2)12-20(25)29-3)6-9-17(18)30-13-14-4-7-16(22)8-5-14/h4-10H,11-13H2,1-3H3. The van der Waals surface area contributed by atoms with Crippen LogP contribution in [0.2, 0.25) is 5.02 Å². The first-order valence-electron chi connectivity index (χ1n) is 8.86. The lowest BCUT2D eigenvalue weighted by atomic mass is 10.1. The SMILES string of the molecule is COC(=O)CN(CC(=O)OC)C(=O)c1ccc(OCc2ccc(Cl)cc2)c(OC)c1. The van der Waals surface area contributed by atoms with Crippen LogP contribution >= 0.6 is 11.6 Å². The molecule has 0 atom stereocenters. The quantitative estimate of drug-likeness (QED) is 0.559. The number of methoxy groups -OCH3 is 3. The lowest BCUT2D eigenvalue weighted by Crippen LogP contribution is -2.40. The van der Waals surface area contributed by atoms with Crippen molar-refractivity contribution in [3.05, 3.63) is 58.6 Å². The molecule has 30 heavy (non-hydrogen) atoms. The number of rotatable bonds is 9.